The number of carbonyl (C=O) groups excluding carboxylic acids is 2. The van der Waals surface area contributed by atoms with Gasteiger partial charge >= 0.3 is 5.97 Å². The second-order valence-corrected chi connectivity index (χ2v) is 22.5. The van der Waals surface area contributed by atoms with E-state index in [0.717, 1.165) is 77.0 Å². The fourth-order valence-corrected chi connectivity index (χ4v) is 10.2. The Morgan fingerprint density at radius 3 is 0.986 bits per heavy atom. The highest BCUT2D eigenvalue weighted by molar-refractivity contribution is 5.76. The maximum Gasteiger partial charge on any atom is 0.305 e. The van der Waals surface area contributed by atoms with Gasteiger partial charge in [0, 0.05) is 12.8 Å². The van der Waals surface area contributed by atoms with E-state index >= 15 is 0 Å². The Morgan fingerprint density at radius 1 is 0.375 bits per heavy atom. The van der Waals surface area contributed by atoms with Crippen LogP contribution >= 0.6 is 0 Å². The number of allylic oxidation sites excluding steroid dienone is 3. The summed E-state index contributed by atoms with van der Waals surface area (Å²) in [5, 5.41) is 23.2. The molecule has 426 valence electrons. The minimum Gasteiger partial charge on any atom is -0.466 e. The molecule has 0 aromatic rings. The van der Waals surface area contributed by atoms with Crippen LogP contribution in [0.5, 0.6) is 0 Å². The van der Waals surface area contributed by atoms with E-state index in [2.05, 4.69) is 31.3 Å². The third kappa shape index (κ3) is 57.6. The van der Waals surface area contributed by atoms with Crippen molar-refractivity contribution in [2.45, 2.75) is 373 Å². The largest absolute Gasteiger partial charge is 0.466 e. The molecule has 0 rings (SSSR count). The standard InChI is InChI=1S/C66H127NO5/c1-3-5-7-9-11-13-15-17-19-21-23-24-25-26-27-28-29-30-32-34-38-42-46-50-54-58-64(69)63(62-68)67-65(70)59-55-51-47-43-39-36-37-41-45-49-53-57-61-72-66(71)60-56-52-48-44-40-35-33-31-22-20-18-16-14-12-10-8-6-4-2/h37,41,54,58,63-64,68-69H,3-36,38-40,42-53,55-57,59-62H2,1-2H3,(H,67,70)/b41-37-,58-54+. The van der Waals surface area contributed by atoms with Gasteiger partial charge in [-0.05, 0) is 64.2 Å². The Bertz CT molecular complexity index is 1120. The molecule has 0 aromatic heterocycles. The molecule has 6 nitrogen and oxygen atoms in total. The Kier molecular flexibility index (Phi) is 60.5. The van der Waals surface area contributed by atoms with Crippen LogP contribution in [0.2, 0.25) is 0 Å². The van der Waals surface area contributed by atoms with Crippen LogP contribution < -0.4 is 5.32 Å². The summed E-state index contributed by atoms with van der Waals surface area (Å²) in [6.07, 6.45) is 76.6. The maximum atomic E-state index is 12.5. The van der Waals surface area contributed by atoms with Crippen molar-refractivity contribution in [2.75, 3.05) is 13.2 Å². The quantitative estimate of drug-likeness (QED) is 0.0320. The molecule has 0 aliphatic carbocycles. The third-order valence-electron chi connectivity index (χ3n) is 15.2. The molecule has 0 saturated carbocycles. The summed E-state index contributed by atoms with van der Waals surface area (Å²) in [5.41, 5.74) is 0. The van der Waals surface area contributed by atoms with Gasteiger partial charge in [0.05, 0.1) is 25.4 Å². The topological polar surface area (TPSA) is 95.9 Å². The van der Waals surface area contributed by atoms with Gasteiger partial charge in [-0.2, -0.15) is 0 Å². The lowest BCUT2D eigenvalue weighted by molar-refractivity contribution is -0.143. The van der Waals surface area contributed by atoms with Crippen LogP contribution in [0.4, 0.5) is 0 Å². The van der Waals surface area contributed by atoms with E-state index in [-0.39, 0.29) is 18.5 Å². The summed E-state index contributed by atoms with van der Waals surface area (Å²) in [6.45, 7) is 4.88. The predicted octanol–water partition coefficient (Wildman–Crippen LogP) is 20.6. The van der Waals surface area contributed by atoms with Crippen LogP contribution in [0, 0.1) is 0 Å². The molecule has 1 amide bonds. The fourth-order valence-electron chi connectivity index (χ4n) is 10.2. The summed E-state index contributed by atoms with van der Waals surface area (Å²) >= 11 is 0. The second-order valence-electron chi connectivity index (χ2n) is 22.5. The molecule has 0 fully saturated rings. The van der Waals surface area contributed by atoms with Crippen molar-refractivity contribution >= 4 is 11.9 Å². The fraction of sp³-hybridized carbons (Fsp3) is 0.909. The Balaban J connectivity index is 3.49. The number of aliphatic hydroxyl groups is 2. The van der Waals surface area contributed by atoms with Gasteiger partial charge in [-0.3, -0.25) is 9.59 Å². The lowest BCUT2D eigenvalue weighted by atomic mass is 10.0. The molecule has 2 unspecified atom stereocenters. The summed E-state index contributed by atoms with van der Waals surface area (Å²) in [7, 11) is 0. The first-order valence-corrected chi connectivity index (χ1v) is 32.6. The summed E-state index contributed by atoms with van der Waals surface area (Å²) in [5.74, 6) is -0.108. The molecule has 0 heterocycles. The molecule has 3 N–H and O–H groups in total. The molecule has 0 aliphatic rings. The first-order valence-electron chi connectivity index (χ1n) is 32.6. The molecule has 0 radical (unpaired) electrons. The third-order valence-corrected chi connectivity index (χ3v) is 15.2. The van der Waals surface area contributed by atoms with Crippen LogP contribution in [0.25, 0.3) is 0 Å². The van der Waals surface area contributed by atoms with Crippen LogP contribution in [0.3, 0.4) is 0 Å². The molecule has 6 heteroatoms. The van der Waals surface area contributed by atoms with Gasteiger partial charge in [-0.15, -0.1) is 0 Å². The highest BCUT2D eigenvalue weighted by Crippen LogP contribution is 2.18. The van der Waals surface area contributed by atoms with Gasteiger partial charge in [0.2, 0.25) is 5.91 Å². The van der Waals surface area contributed by atoms with Gasteiger partial charge < -0.3 is 20.3 Å². The van der Waals surface area contributed by atoms with Gasteiger partial charge in [0.15, 0.2) is 0 Å². The van der Waals surface area contributed by atoms with Gasteiger partial charge in [0.1, 0.15) is 0 Å². The van der Waals surface area contributed by atoms with E-state index < -0.39 is 12.1 Å². The van der Waals surface area contributed by atoms with Crippen molar-refractivity contribution in [1.29, 1.82) is 0 Å². The molecule has 0 aliphatic heterocycles. The normalized spacial score (nSPS) is 12.7. The van der Waals surface area contributed by atoms with Crippen molar-refractivity contribution in [3.8, 4) is 0 Å². The first kappa shape index (κ1) is 70.3. The lowest BCUT2D eigenvalue weighted by Gasteiger charge is -2.20. The Hall–Kier alpha value is -1.66. The molecular weight excluding hydrogens is 887 g/mol. The summed E-state index contributed by atoms with van der Waals surface area (Å²) in [4.78, 5) is 24.6. The van der Waals surface area contributed by atoms with Crippen LogP contribution in [0.1, 0.15) is 361 Å². The molecule has 2 atom stereocenters. The summed E-state index contributed by atoms with van der Waals surface area (Å²) in [6, 6.07) is -0.648. The number of amides is 1. The van der Waals surface area contributed by atoms with Gasteiger partial charge in [-0.25, -0.2) is 0 Å². The van der Waals surface area contributed by atoms with Crippen molar-refractivity contribution in [1.82, 2.24) is 5.32 Å². The van der Waals surface area contributed by atoms with E-state index in [1.165, 1.54) is 257 Å². The predicted molar refractivity (Wildman–Crippen MR) is 315 cm³/mol. The van der Waals surface area contributed by atoms with Crippen molar-refractivity contribution < 1.29 is 24.5 Å². The van der Waals surface area contributed by atoms with Crippen molar-refractivity contribution in [3.63, 3.8) is 0 Å². The SMILES string of the molecule is CCCCCCCCCCCCCCCCCCCCCCCCC/C=C/C(O)C(CO)NC(=O)CCCCCCC/C=C\CCCCCOC(=O)CCCCCCCCCCCCCCCCCCCC. The molecule has 0 saturated heterocycles. The number of hydrogen-bond acceptors (Lipinski definition) is 5. The monoisotopic (exact) mass is 1010 g/mol. The molecule has 0 aromatic carbocycles. The average molecular weight is 1010 g/mol. The second kappa shape index (κ2) is 61.9. The van der Waals surface area contributed by atoms with E-state index in [4.69, 9.17) is 4.74 Å². The van der Waals surface area contributed by atoms with E-state index in [1.807, 2.05) is 6.08 Å². The minimum atomic E-state index is -0.862. The van der Waals surface area contributed by atoms with E-state index in [9.17, 15) is 19.8 Å². The number of ether oxygens (including phenoxy) is 1. The highest BCUT2D eigenvalue weighted by Gasteiger charge is 2.18. The molecule has 0 spiro atoms. The van der Waals surface area contributed by atoms with Crippen LogP contribution in [-0.4, -0.2) is 47.4 Å². The number of esters is 1. The number of rotatable bonds is 61. The van der Waals surface area contributed by atoms with E-state index in [1.54, 1.807) is 6.08 Å². The first-order chi connectivity index (χ1) is 35.5. The number of hydrogen-bond donors (Lipinski definition) is 3. The number of carbonyl (C=O) groups is 2. The van der Waals surface area contributed by atoms with E-state index in [0.29, 0.717) is 19.4 Å². The zero-order valence-corrected chi connectivity index (χ0v) is 48.7. The van der Waals surface area contributed by atoms with Crippen LogP contribution in [0.15, 0.2) is 24.3 Å². The van der Waals surface area contributed by atoms with Gasteiger partial charge in [-0.1, -0.05) is 308 Å². The average Bonchev–Trinajstić information content (AvgIpc) is 3.38. The molecular formula is C66H127NO5. The van der Waals surface area contributed by atoms with Crippen molar-refractivity contribution in [3.05, 3.63) is 24.3 Å². The number of aliphatic hydroxyl groups excluding tert-OH is 2. The number of unbranched alkanes of at least 4 members (excludes halogenated alkanes) is 48. The maximum absolute atomic E-state index is 12.5. The Morgan fingerprint density at radius 2 is 0.653 bits per heavy atom. The molecule has 0 bridgehead atoms. The van der Waals surface area contributed by atoms with Gasteiger partial charge in [0.25, 0.3) is 0 Å². The number of nitrogens with one attached hydrogen (secondary N) is 1. The zero-order valence-electron chi connectivity index (χ0n) is 48.7. The summed E-state index contributed by atoms with van der Waals surface area (Å²) < 4.78 is 5.47. The van der Waals surface area contributed by atoms with Crippen LogP contribution in [-0.2, 0) is 14.3 Å². The smallest absolute Gasteiger partial charge is 0.305 e. The Labute approximate surface area is 450 Å². The lowest BCUT2D eigenvalue weighted by Crippen LogP contribution is -2.45. The highest BCUT2D eigenvalue weighted by atomic mass is 16.5. The minimum absolute atomic E-state index is 0.0189. The molecule has 72 heavy (non-hydrogen) atoms. The zero-order chi connectivity index (χ0) is 52.2. The van der Waals surface area contributed by atoms with Crippen molar-refractivity contribution in [2.24, 2.45) is 0 Å².